The summed E-state index contributed by atoms with van der Waals surface area (Å²) in [6.07, 6.45) is 8.42. The minimum Gasteiger partial charge on any atom is -0.370 e. The fourth-order valence-corrected chi connectivity index (χ4v) is 3.82. The van der Waals surface area contributed by atoms with Gasteiger partial charge in [0.1, 0.15) is 0 Å². The predicted octanol–water partition coefficient (Wildman–Crippen LogP) is 3.21. The molecule has 2 nitrogen and oxygen atoms in total. The summed E-state index contributed by atoms with van der Waals surface area (Å²) in [5.41, 5.74) is 0.299. The van der Waals surface area contributed by atoms with Gasteiger partial charge in [-0.25, -0.2) is 0 Å². The van der Waals surface area contributed by atoms with Crippen LogP contribution in [0.4, 0.5) is 0 Å². The van der Waals surface area contributed by atoms with E-state index in [4.69, 9.17) is 4.74 Å². The fourth-order valence-electron chi connectivity index (χ4n) is 3.11. The van der Waals surface area contributed by atoms with Gasteiger partial charge in [-0.05, 0) is 38.4 Å². The number of ether oxygens (including phenoxy) is 1. The van der Waals surface area contributed by atoms with Crippen molar-refractivity contribution in [2.24, 2.45) is 0 Å². The van der Waals surface area contributed by atoms with Crippen LogP contribution < -0.4 is 5.32 Å². The zero-order valence-electron chi connectivity index (χ0n) is 11.3. The highest BCUT2D eigenvalue weighted by Gasteiger charge is 2.41. The second kappa shape index (κ2) is 6.44. The van der Waals surface area contributed by atoms with Gasteiger partial charge in [-0.3, -0.25) is 0 Å². The summed E-state index contributed by atoms with van der Waals surface area (Å²) in [5.74, 6) is 2.43. The summed E-state index contributed by atoms with van der Waals surface area (Å²) in [6, 6.07) is 0.615. The van der Waals surface area contributed by atoms with E-state index in [2.05, 4.69) is 19.2 Å². The molecular formula is C14H27NOS. The lowest BCUT2D eigenvalue weighted by molar-refractivity contribution is -0.0355. The van der Waals surface area contributed by atoms with E-state index < -0.39 is 0 Å². The van der Waals surface area contributed by atoms with Crippen molar-refractivity contribution in [1.29, 1.82) is 0 Å². The van der Waals surface area contributed by atoms with Crippen LogP contribution in [-0.2, 0) is 4.74 Å². The molecule has 2 rings (SSSR count). The minimum absolute atomic E-state index is 0.299. The van der Waals surface area contributed by atoms with Gasteiger partial charge in [-0.15, -0.1) is 0 Å². The Kier molecular flexibility index (Phi) is 5.19. The second-order valence-corrected chi connectivity index (χ2v) is 6.96. The Morgan fingerprint density at radius 3 is 2.82 bits per heavy atom. The first-order valence-electron chi connectivity index (χ1n) is 7.23. The Labute approximate surface area is 110 Å². The van der Waals surface area contributed by atoms with E-state index in [-0.39, 0.29) is 0 Å². The van der Waals surface area contributed by atoms with Crippen molar-refractivity contribution < 1.29 is 4.74 Å². The SMILES string of the molecule is CCSCC(C)NCC1CCC2(CCCC2)O1. The Balaban J connectivity index is 1.64. The molecule has 2 atom stereocenters. The lowest BCUT2D eigenvalue weighted by Crippen LogP contribution is -2.36. The van der Waals surface area contributed by atoms with Crippen molar-refractivity contribution >= 4 is 11.8 Å². The van der Waals surface area contributed by atoms with Crippen molar-refractivity contribution in [2.75, 3.05) is 18.1 Å². The molecule has 3 heteroatoms. The maximum atomic E-state index is 6.30. The third-order valence-corrected chi connectivity index (χ3v) is 5.26. The summed E-state index contributed by atoms with van der Waals surface area (Å²) in [5, 5.41) is 3.62. The number of rotatable bonds is 6. The third-order valence-electron chi connectivity index (χ3n) is 4.12. The van der Waals surface area contributed by atoms with Gasteiger partial charge in [0, 0.05) is 18.3 Å². The van der Waals surface area contributed by atoms with E-state index in [1.807, 2.05) is 11.8 Å². The van der Waals surface area contributed by atoms with E-state index in [1.54, 1.807) is 0 Å². The highest BCUT2D eigenvalue weighted by atomic mass is 32.2. The van der Waals surface area contributed by atoms with Gasteiger partial charge in [0.05, 0.1) is 11.7 Å². The molecule has 0 aromatic carbocycles. The van der Waals surface area contributed by atoms with Crippen LogP contribution in [0.3, 0.4) is 0 Å². The maximum Gasteiger partial charge on any atom is 0.0708 e. The van der Waals surface area contributed by atoms with Crippen LogP contribution in [0.15, 0.2) is 0 Å². The van der Waals surface area contributed by atoms with Crippen molar-refractivity contribution in [3.05, 3.63) is 0 Å². The zero-order chi connectivity index (χ0) is 12.1. The molecule has 0 bridgehead atoms. The Morgan fingerprint density at radius 1 is 1.35 bits per heavy atom. The molecule has 1 aliphatic carbocycles. The first-order chi connectivity index (χ1) is 8.24. The average molecular weight is 257 g/mol. The molecule has 1 saturated carbocycles. The Morgan fingerprint density at radius 2 is 2.12 bits per heavy atom. The lowest BCUT2D eigenvalue weighted by atomic mass is 9.98. The molecular weight excluding hydrogens is 230 g/mol. The molecule has 1 heterocycles. The van der Waals surface area contributed by atoms with Crippen molar-refractivity contribution in [2.45, 2.75) is 70.1 Å². The molecule has 0 aromatic heterocycles. The van der Waals surface area contributed by atoms with Crippen LogP contribution >= 0.6 is 11.8 Å². The molecule has 1 saturated heterocycles. The lowest BCUT2D eigenvalue weighted by Gasteiger charge is -2.24. The largest absolute Gasteiger partial charge is 0.370 e. The highest BCUT2D eigenvalue weighted by molar-refractivity contribution is 7.99. The molecule has 1 spiro atoms. The van der Waals surface area contributed by atoms with Crippen molar-refractivity contribution in [3.63, 3.8) is 0 Å². The first kappa shape index (κ1) is 13.7. The average Bonchev–Trinajstić information content (AvgIpc) is 2.95. The topological polar surface area (TPSA) is 21.3 Å². The number of nitrogens with one attached hydrogen (secondary N) is 1. The smallest absolute Gasteiger partial charge is 0.0708 e. The van der Waals surface area contributed by atoms with E-state index in [9.17, 15) is 0 Å². The highest BCUT2D eigenvalue weighted by Crippen LogP contribution is 2.43. The molecule has 1 N–H and O–H groups in total. The fraction of sp³-hybridized carbons (Fsp3) is 1.00. The van der Waals surface area contributed by atoms with E-state index in [0.717, 1.165) is 6.54 Å². The summed E-state index contributed by atoms with van der Waals surface area (Å²) >= 11 is 2.01. The number of thioether (sulfide) groups is 1. The molecule has 2 fully saturated rings. The first-order valence-corrected chi connectivity index (χ1v) is 8.38. The van der Waals surface area contributed by atoms with Gasteiger partial charge < -0.3 is 10.1 Å². The summed E-state index contributed by atoms with van der Waals surface area (Å²) in [6.45, 7) is 5.55. The Bertz CT molecular complexity index is 228. The molecule has 1 aliphatic heterocycles. The van der Waals surface area contributed by atoms with Gasteiger partial charge in [0.2, 0.25) is 0 Å². The van der Waals surface area contributed by atoms with Gasteiger partial charge in [0.25, 0.3) is 0 Å². The Hall–Kier alpha value is 0.270. The van der Waals surface area contributed by atoms with E-state index >= 15 is 0 Å². The second-order valence-electron chi connectivity index (χ2n) is 5.64. The van der Waals surface area contributed by atoms with Gasteiger partial charge in [0.15, 0.2) is 0 Å². The van der Waals surface area contributed by atoms with Crippen molar-refractivity contribution in [1.82, 2.24) is 5.32 Å². The van der Waals surface area contributed by atoms with Crippen LogP contribution in [0.25, 0.3) is 0 Å². The van der Waals surface area contributed by atoms with E-state index in [1.165, 1.54) is 50.0 Å². The number of hydrogen-bond donors (Lipinski definition) is 1. The predicted molar refractivity (Wildman–Crippen MR) is 75.8 cm³/mol. The quantitative estimate of drug-likeness (QED) is 0.789. The summed E-state index contributed by atoms with van der Waals surface area (Å²) < 4.78 is 6.30. The monoisotopic (exact) mass is 257 g/mol. The molecule has 2 unspecified atom stereocenters. The molecule has 0 aromatic rings. The van der Waals surface area contributed by atoms with Crippen LogP contribution in [0, 0.1) is 0 Å². The summed E-state index contributed by atoms with van der Waals surface area (Å²) in [4.78, 5) is 0. The third kappa shape index (κ3) is 3.87. The van der Waals surface area contributed by atoms with Crippen molar-refractivity contribution in [3.8, 4) is 0 Å². The van der Waals surface area contributed by atoms with Gasteiger partial charge >= 0.3 is 0 Å². The van der Waals surface area contributed by atoms with Crippen LogP contribution in [-0.4, -0.2) is 35.8 Å². The van der Waals surface area contributed by atoms with Gasteiger partial charge in [-0.2, -0.15) is 11.8 Å². The molecule has 100 valence electrons. The van der Waals surface area contributed by atoms with Crippen LogP contribution in [0.1, 0.15) is 52.4 Å². The van der Waals surface area contributed by atoms with Crippen LogP contribution in [0.5, 0.6) is 0 Å². The molecule has 0 radical (unpaired) electrons. The normalized spacial score (nSPS) is 28.9. The molecule has 2 aliphatic rings. The van der Waals surface area contributed by atoms with Crippen LogP contribution in [0.2, 0.25) is 0 Å². The molecule has 17 heavy (non-hydrogen) atoms. The maximum absolute atomic E-state index is 6.30. The molecule has 0 amide bonds. The van der Waals surface area contributed by atoms with Gasteiger partial charge in [-0.1, -0.05) is 19.8 Å². The standard InChI is InChI=1S/C14H27NOS/c1-3-17-11-12(2)15-10-13-6-9-14(16-13)7-4-5-8-14/h12-13,15H,3-11H2,1-2H3. The zero-order valence-corrected chi connectivity index (χ0v) is 12.2. The number of hydrogen-bond acceptors (Lipinski definition) is 3. The summed E-state index contributed by atoms with van der Waals surface area (Å²) in [7, 11) is 0. The minimum atomic E-state index is 0.299. The van der Waals surface area contributed by atoms with E-state index in [0.29, 0.717) is 17.7 Å².